The van der Waals surface area contributed by atoms with Gasteiger partial charge >= 0.3 is 0 Å². The van der Waals surface area contributed by atoms with Gasteiger partial charge in [0.05, 0.1) is 11.6 Å². The Morgan fingerprint density at radius 1 is 1.12 bits per heavy atom. The van der Waals surface area contributed by atoms with Crippen LogP contribution in [0.5, 0.6) is 17.2 Å². The van der Waals surface area contributed by atoms with E-state index in [1.54, 1.807) is 43.6 Å². The summed E-state index contributed by atoms with van der Waals surface area (Å²) in [5.41, 5.74) is -0.282. The molecule has 0 aliphatic carbocycles. The molecule has 0 atom stereocenters. The van der Waals surface area contributed by atoms with Crippen LogP contribution in [-0.2, 0) is 0 Å². The second kappa shape index (κ2) is 5.05. The van der Waals surface area contributed by atoms with Gasteiger partial charge in [-0.2, -0.15) is 0 Å². The summed E-state index contributed by atoms with van der Waals surface area (Å²) in [4.78, 5) is 14.1. The van der Waals surface area contributed by atoms with Crippen LogP contribution in [0, 0.1) is 0 Å². The maximum atomic E-state index is 11.5. The fourth-order valence-electron chi connectivity index (χ4n) is 1.30. The van der Waals surface area contributed by atoms with E-state index in [4.69, 9.17) is 9.47 Å². The number of benzene rings is 1. The number of ether oxygens (including phenoxy) is 2. The number of H-pyrrole nitrogens is 1. The second-order valence-electron chi connectivity index (χ2n) is 3.26. The van der Waals surface area contributed by atoms with E-state index < -0.39 is 0 Å². The molecule has 0 bridgehead atoms. The number of pyridine rings is 1. The Morgan fingerprint density at radius 2 is 1.76 bits per heavy atom. The highest BCUT2D eigenvalue weighted by Crippen LogP contribution is 2.26. The fourth-order valence-corrected chi connectivity index (χ4v) is 1.69. The van der Waals surface area contributed by atoms with E-state index in [0.29, 0.717) is 10.2 Å². The smallest absolute Gasteiger partial charge is 0.292 e. The van der Waals surface area contributed by atoms with Crippen molar-refractivity contribution in [3.8, 4) is 17.2 Å². The highest BCUT2D eigenvalue weighted by Gasteiger charge is 2.07. The van der Waals surface area contributed by atoms with E-state index in [1.807, 2.05) is 0 Å². The first-order valence-corrected chi connectivity index (χ1v) is 5.69. The van der Waals surface area contributed by atoms with Gasteiger partial charge in [0, 0.05) is 6.20 Å². The van der Waals surface area contributed by atoms with Crippen molar-refractivity contribution >= 4 is 15.9 Å². The third-order valence-electron chi connectivity index (χ3n) is 2.15. The van der Waals surface area contributed by atoms with Crippen LogP contribution in [-0.4, -0.2) is 12.1 Å². The minimum Gasteiger partial charge on any atom is -0.497 e. The predicted octanol–water partition coefficient (Wildman–Crippen LogP) is 2.94. The van der Waals surface area contributed by atoms with Crippen LogP contribution < -0.4 is 15.0 Å². The summed E-state index contributed by atoms with van der Waals surface area (Å²) < 4.78 is 11.1. The standard InChI is InChI=1S/C12H10BrNO3/c1-16-8-2-4-9(5-3-8)17-11-10(13)6-7-14-12(11)15/h2-7H,1H3,(H,14,15). The summed E-state index contributed by atoms with van der Waals surface area (Å²) in [5.74, 6) is 1.54. The van der Waals surface area contributed by atoms with Crippen molar-refractivity contribution in [3.05, 3.63) is 51.4 Å². The normalized spacial score (nSPS) is 10.0. The van der Waals surface area contributed by atoms with E-state index >= 15 is 0 Å². The zero-order valence-corrected chi connectivity index (χ0v) is 10.7. The van der Waals surface area contributed by atoms with Crippen LogP contribution in [0.25, 0.3) is 0 Å². The van der Waals surface area contributed by atoms with Gasteiger partial charge in [-0.05, 0) is 46.3 Å². The molecule has 0 radical (unpaired) electrons. The molecule has 4 nitrogen and oxygen atoms in total. The fraction of sp³-hybridized carbons (Fsp3) is 0.0833. The van der Waals surface area contributed by atoms with Crippen LogP contribution in [0.3, 0.4) is 0 Å². The van der Waals surface area contributed by atoms with Crippen LogP contribution in [0.4, 0.5) is 0 Å². The highest BCUT2D eigenvalue weighted by molar-refractivity contribution is 9.10. The minimum atomic E-state index is -0.282. The summed E-state index contributed by atoms with van der Waals surface area (Å²) in [5, 5.41) is 0. The summed E-state index contributed by atoms with van der Waals surface area (Å²) in [6.45, 7) is 0. The molecule has 0 aliphatic heterocycles. The lowest BCUT2D eigenvalue weighted by molar-refractivity contribution is 0.412. The zero-order valence-electron chi connectivity index (χ0n) is 9.07. The number of methoxy groups -OCH3 is 1. The van der Waals surface area contributed by atoms with Crippen molar-refractivity contribution in [2.75, 3.05) is 7.11 Å². The molecule has 2 rings (SSSR count). The molecule has 0 amide bonds. The van der Waals surface area contributed by atoms with Crippen LogP contribution >= 0.6 is 15.9 Å². The zero-order chi connectivity index (χ0) is 12.3. The van der Waals surface area contributed by atoms with Crippen LogP contribution in [0.1, 0.15) is 0 Å². The maximum Gasteiger partial charge on any atom is 0.292 e. The Hall–Kier alpha value is -1.75. The van der Waals surface area contributed by atoms with Crippen molar-refractivity contribution < 1.29 is 9.47 Å². The third-order valence-corrected chi connectivity index (χ3v) is 2.77. The lowest BCUT2D eigenvalue weighted by atomic mass is 10.3. The molecule has 1 aromatic carbocycles. The first-order chi connectivity index (χ1) is 8.20. The number of halogens is 1. The van der Waals surface area contributed by atoms with Crippen molar-refractivity contribution in [2.24, 2.45) is 0 Å². The molecule has 5 heteroatoms. The van der Waals surface area contributed by atoms with Crippen molar-refractivity contribution in [1.29, 1.82) is 0 Å². The molecular weight excluding hydrogens is 286 g/mol. The predicted molar refractivity (Wildman–Crippen MR) is 67.8 cm³/mol. The number of hydrogen-bond donors (Lipinski definition) is 1. The topological polar surface area (TPSA) is 51.3 Å². The quantitative estimate of drug-likeness (QED) is 0.947. The van der Waals surface area contributed by atoms with Crippen LogP contribution in [0.2, 0.25) is 0 Å². The molecule has 1 N–H and O–H groups in total. The minimum absolute atomic E-state index is 0.234. The Kier molecular flexibility index (Phi) is 3.49. The van der Waals surface area contributed by atoms with E-state index in [1.165, 1.54) is 0 Å². The first kappa shape index (κ1) is 11.7. The Labute approximate surface area is 106 Å². The van der Waals surface area contributed by atoms with Gasteiger partial charge in [-0.1, -0.05) is 0 Å². The van der Waals surface area contributed by atoms with Gasteiger partial charge in [0.2, 0.25) is 5.75 Å². The van der Waals surface area contributed by atoms with Gasteiger partial charge in [0.15, 0.2) is 0 Å². The molecule has 2 aromatic rings. The summed E-state index contributed by atoms with van der Waals surface area (Å²) in [6.07, 6.45) is 1.55. The van der Waals surface area contributed by atoms with E-state index in [0.717, 1.165) is 5.75 Å². The van der Waals surface area contributed by atoms with Gasteiger partial charge < -0.3 is 14.5 Å². The third kappa shape index (κ3) is 2.68. The largest absolute Gasteiger partial charge is 0.497 e. The van der Waals surface area contributed by atoms with Gasteiger partial charge in [0.25, 0.3) is 5.56 Å². The summed E-state index contributed by atoms with van der Waals surface area (Å²) in [7, 11) is 1.59. The Balaban J connectivity index is 2.28. The Bertz CT molecular complexity index is 563. The van der Waals surface area contributed by atoms with Crippen molar-refractivity contribution in [3.63, 3.8) is 0 Å². The molecular formula is C12H10BrNO3. The van der Waals surface area contributed by atoms with Crippen molar-refractivity contribution in [2.45, 2.75) is 0 Å². The molecule has 0 saturated carbocycles. The molecule has 0 saturated heterocycles. The molecule has 0 unspecified atom stereocenters. The van der Waals surface area contributed by atoms with Gasteiger partial charge in [-0.25, -0.2) is 0 Å². The molecule has 0 aliphatic rings. The number of aromatic amines is 1. The van der Waals surface area contributed by atoms with Gasteiger partial charge in [0.1, 0.15) is 11.5 Å². The molecule has 0 fully saturated rings. The lowest BCUT2D eigenvalue weighted by Gasteiger charge is -2.06. The number of aromatic nitrogens is 1. The van der Waals surface area contributed by atoms with E-state index in [-0.39, 0.29) is 11.3 Å². The SMILES string of the molecule is COc1ccc(Oc2c(Br)cc[nH]c2=O)cc1. The maximum absolute atomic E-state index is 11.5. The van der Waals surface area contributed by atoms with E-state index in [9.17, 15) is 4.79 Å². The van der Waals surface area contributed by atoms with Gasteiger partial charge in [-0.3, -0.25) is 4.79 Å². The van der Waals surface area contributed by atoms with Crippen molar-refractivity contribution in [1.82, 2.24) is 4.98 Å². The monoisotopic (exact) mass is 295 g/mol. The second-order valence-corrected chi connectivity index (χ2v) is 4.12. The molecule has 1 aromatic heterocycles. The molecule has 88 valence electrons. The number of hydrogen-bond acceptors (Lipinski definition) is 3. The first-order valence-electron chi connectivity index (χ1n) is 4.90. The lowest BCUT2D eigenvalue weighted by Crippen LogP contribution is -2.08. The Morgan fingerprint density at radius 3 is 2.35 bits per heavy atom. The van der Waals surface area contributed by atoms with Crippen LogP contribution in [0.15, 0.2) is 45.8 Å². The summed E-state index contributed by atoms with van der Waals surface area (Å²) >= 11 is 3.26. The molecule has 1 heterocycles. The highest BCUT2D eigenvalue weighted by atomic mass is 79.9. The van der Waals surface area contributed by atoms with Gasteiger partial charge in [-0.15, -0.1) is 0 Å². The average Bonchev–Trinajstić information content (AvgIpc) is 2.35. The molecule has 0 spiro atoms. The molecule has 17 heavy (non-hydrogen) atoms. The summed E-state index contributed by atoms with van der Waals surface area (Å²) in [6, 6.07) is 8.70. The number of nitrogens with one attached hydrogen (secondary N) is 1. The van der Waals surface area contributed by atoms with E-state index in [2.05, 4.69) is 20.9 Å². The number of rotatable bonds is 3. The average molecular weight is 296 g/mol.